The van der Waals surface area contributed by atoms with Gasteiger partial charge in [0.05, 0.1) is 10.1 Å². The summed E-state index contributed by atoms with van der Waals surface area (Å²) in [5, 5.41) is -0.807. The van der Waals surface area contributed by atoms with Gasteiger partial charge in [0.15, 0.2) is 0 Å². The number of hydrogen-bond donors (Lipinski definition) is 0. The zero-order valence-corrected chi connectivity index (χ0v) is 15.7. The first kappa shape index (κ1) is 18.8. The second-order valence-electron chi connectivity index (χ2n) is 6.38. The normalized spacial score (nSPS) is 16.6. The van der Waals surface area contributed by atoms with Crippen LogP contribution in [0.4, 0.5) is 0 Å². The van der Waals surface area contributed by atoms with Gasteiger partial charge in [-0.15, -0.1) is 4.79 Å². The molecule has 1 aromatic carbocycles. The first-order chi connectivity index (χ1) is 11.1. The summed E-state index contributed by atoms with van der Waals surface area (Å²) in [6.45, 7) is 5.19. The molecule has 2 rings (SSSR count). The van der Waals surface area contributed by atoms with E-state index in [9.17, 15) is 22.4 Å². The highest BCUT2D eigenvalue weighted by Gasteiger charge is 2.47. The molecule has 24 heavy (non-hydrogen) atoms. The fourth-order valence-corrected chi connectivity index (χ4v) is 7.46. The second kappa shape index (κ2) is 6.78. The maximum absolute atomic E-state index is 12.9. The third kappa shape index (κ3) is 3.31. The van der Waals surface area contributed by atoms with Gasteiger partial charge in [-0.05, 0) is 56.4 Å². The maximum Gasteiger partial charge on any atom is 0.499 e. The summed E-state index contributed by atoms with van der Waals surface area (Å²) in [6.07, 6.45) is 3.17. The Kier molecular flexibility index (Phi) is 5.32. The van der Waals surface area contributed by atoms with Crippen molar-refractivity contribution in [1.82, 2.24) is 0 Å². The molecule has 0 unspecified atom stereocenters. The molecule has 1 fully saturated rings. The van der Waals surface area contributed by atoms with E-state index < -0.39 is 29.3 Å². The van der Waals surface area contributed by atoms with Crippen molar-refractivity contribution in [1.29, 1.82) is 0 Å². The Balaban J connectivity index is 2.58. The van der Waals surface area contributed by atoms with E-state index in [4.69, 9.17) is 0 Å². The molecule has 1 aromatic rings. The summed E-state index contributed by atoms with van der Waals surface area (Å²) in [6, 6.07) is 3.12. The van der Waals surface area contributed by atoms with Gasteiger partial charge < -0.3 is 5.53 Å². The van der Waals surface area contributed by atoms with Crippen molar-refractivity contribution in [3.8, 4) is 0 Å². The van der Waals surface area contributed by atoms with Gasteiger partial charge in [-0.3, -0.25) is 0 Å². The highest BCUT2D eigenvalue weighted by atomic mass is 32.3. The average molecular weight is 370 g/mol. The lowest BCUT2D eigenvalue weighted by atomic mass is 10.0. The van der Waals surface area contributed by atoms with Gasteiger partial charge in [0.25, 0.3) is 19.7 Å². The van der Waals surface area contributed by atoms with Crippen molar-refractivity contribution in [3.63, 3.8) is 0 Å². The standard InChI is InChI=1S/C16H22N2O4S2/c1-11-9-13(3)15(10-12(11)2)24(21,22)16(18-17)23(19,20)14-7-5-4-6-8-14/h9-10,14H,4-8H2,1-3H3. The van der Waals surface area contributed by atoms with Crippen molar-refractivity contribution < 1.29 is 21.6 Å². The molecule has 8 heteroatoms. The van der Waals surface area contributed by atoms with E-state index in [0.717, 1.165) is 30.4 Å². The van der Waals surface area contributed by atoms with Crippen LogP contribution in [0.25, 0.3) is 5.53 Å². The van der Waals surface area contributed by atoms with Crippen LogP contribution in [0.1, 0.15) is 48.8 Å². The SMILES string of the molecule is Cc1cc(C)c(S(=O)(=O)C(=[N+]=[N-])S(=O)(=O)C2CCCCC2)cc1C. The zero-order valence-electron chi connectivity index (χ0n) is 14.1. The molecule has 0 aliphatic heterocycles. The lowest BCUT2D eigenvalue weighted by Crippen LogP contribution is -2.36. The third-order valence-electron chi connectivity index (χ3n) is 4.63. The molecule has 0 aromatic heterocycles. The van der Waals surface area contributed by atoms with Gasteiger partial charge in [0.2, 0.25) is 0 Å². The topological polar surface area (TPSA) is 105 Å². The first-order valence-corrected chi connectivity index (χ1v) is 10.9. The zero-order chi connectivity index (χ0) is 18.1. The Hall–Kier alpha value is -1.50. The summed E-state index contributed by atoms with van der Waals surface area (Å²) in [5.41, 5.74) is 11.3. The Morgan fingerprint density at radius 2 is 1.50 bits per heavy atom. The average Bonchev–Trinajstić information content (AvgIpc) is 2.51. The number of nitrogens with zero attached hydrogens (tertiary/aromatic N) is 2. The molecular formula is C16H22N2O4S2. The van der Waals surface area contributed by atoms with Gasteiger partial charge in [0, 0.05) is 0 Å². The molecular weight excluding hydrogens is 348 g/mol. The molecule has 0 bridgehead atoms. The van der Waals surface area contributed by atoms with Crippen LogP contribution in [0.15, 0.2) is 17.0 Å². The molecule has 132 valence electrons. The predicted octanol–water partition coefficient (Wildman–Crippen LogP) is 2.72. The monoisotopic (exact) mass is 370 g/mol. The Labute approximate surface area is 143 Å². The minimum absolute atomic E-state index is 0.127. The van der Waals surface area contributed by atoms with E-state index in [1.165, 1.54) is 6.07 Å². The lowest BCUT2D eigenvalue weighted by molar-refractivity contribution is 0.00369. The summed E-state index contributed by atoms with van der Waals surface area (Å²) in [7, 11) is -8.62. The van der Waals surface area contributed by atoms with Gasteiger partial charge in [-0.1, -0.05) is 25.3 Å². The summed E-state index contributed by atoms with van der Waals surface area (Å²) >= 11 is 0. The first-order valence-electron chi connectivity index (χ1n) is 7.91. The molecule has 0 N–H and O–H groups in total. The molecule has 0 spiro atoms. The van der Waals surface area contributed by atoms with Crippen molar-refractivity contribution in [2.45, 2.75) is 63.0 Å². The summed E-state index contributed by atoms with van der Waals surface area (Å²) < 4.78 is 50.1. The number of aryl methyl sites for hydroxylation is 3. The van der Waals surface area contributed by atoms with Crippen molar-refractivity contribution in [3.05, 3.63) is 34.4 Å². The van der Waals surface area contributed by atoms with E-state index >= 15 is 0 Å². The molecule has 0 amide bonds. The van der Waals surface area contributed by atoms with Crippen LogP contribution in [0.5, 0.6) is 0 Å². The molecule has 1 saturated carbocycles. The second-order valence-corrected chi connectivity index (χ2v) is 10.6. The van der Waals surface area contributed by atoms with E-state index in [0.29, 0.717) is 18.4 Å². The molecule has 0 radical (unpaired) electrons. The number of benzene rings is 1. The Bertz CT molecular complexity index is 906. The van der Waals surface area contributed by atoms with Crippen LogP contribution in [0.2, 0.25) is 0 Å². The van der Waals surface area contributed by atoms with Crippen molar-refractivity contribution in [2.24, 2.45) is 0 Å². The predicted molar refractivity (Wildman–Crippen MR) is 92.3 cm³/mol. The van der Waals surface area contributed by atoms with Crippen molar-refractivity contribution >= 4 is 24.1 Å². The summed E-state index contributed by atoms with van der Waals surface area (Å²) in [5.74, 6) is 0. The van der Waals surface area contributed by atoms with E-state index in [2.05, 4.69) is 4.79 Å². The van der Waals surface area contributed by atoms with Crippen LogP contribution in [0.3, 0.4) is 0 Å². The van der Waals surface area contributed by atoms with Crippen LogP contribution in [-0.4, -0.2) is 31.3 Å². The van der Waals surface area contributed by atoms with E-state index in [1.54, 1.807) is 19.9 Å². The van der Waals surface area contributed by atoms with E-state index in [1.807, 2.05) is 6.92 Å². The minimum Gasteiger partial charge on any atom is -0.359 e. The van der Waals surface area contributed by atoms with E-state index in [-0.39, 0.29) is 4.90 Å². The smallest absolute Gasteiger partial charge is 0.359 e. The van der Waals surface area contributed by atoms with Crippen LogP contribution in [-0.2, 0) is 19.7 Å². The molecule has 0 atom stereocenters. The van der Waals surface area contributed by atoms with Gasteiger partial charge in [-0.25, -0.2) is 16.8 Å². The maximum atomic E-state index is 12.9. The molecule has 1 aliphatic carbocycles. The van der Waals surface area contributed by atoms with Crippen LogP contribution < -0.4 is 0 Å². The molecule has 0 heterocycles. The molecule has 1 aliphatic rings. The highest BCUT2D eigenvalue weighted by molar-refractivity contribution is 8.31. The largest absolute Gasteiger partial charge is 0.499 e. The van der Waals surface area contributed by atoms with Crippen LogP contribution in [0, 0.1) is 20.8 Å². The van der Waals surface area contributed by atoms with Gasteiger partial charge in [0.1, 0.15) is 0 Å². The third-order valence-corrected chi connectivity index (χ3v) is 9.46. The fraction of sp³-hybridized carbons (Fsp3) is 0.562. The Morgan fingerprint density at radius 1 is 0.958 bits per heavy atom. The van der Waals surface area contributed by atoms with Gasteiger partial charge >= 0.3 is 4.38 Å². The highest BCUT2D eigenvalue weighted by Crippen LogP contribution is 2.29. The summed E-state index contributed by atoms with van der Waals surface area (Å²) in [4.78, 5) is 2.59. The van der Waals surface area contributed by atoms with Gasteiger partial charge in [-0.2, -0.15) is 0 Å². The van der Waals surface area contributed by atoms with Crippen LogP contribution >= 0.6 is 0 Å². The number of sulfone groups is 2. The minimum atomic E-state index is -4.42. The molecule has 0 saturated heterocycles. The Morgan fingerprint density at radius 3 is 2.04 bits per heavy atom. The fourth-order valence-electron chi connectivity index (χ4n) is 3.10. The quantitative estimate of drug-likeness (QED) is 0.345. The van der Waals surface area contributed by atoms with Crippen molar-refractivity contribution in [2.75, 3.05) is 0 Å². The molecule has 6 nitrogen and oxygen atoms in total. The lowest BCUT2D eigenvalue weighted by Gasteiger charge is -2.19. The number of rotatable bonds is 2. The number of hydrogen-bond acceptors (Lipinski definition) is 4.